The standard InChI is InChI=1S/C9H14BNO5/c1-14-6-16-5-8-7(10(12)13)3-4-9(11-8)15-2/h3-4,12-13H,5-6H2,1-2H3. The van der Waals surface area contributed by atoms with Gasteiger partial charge in [-0.2, -0.15) is 0 Å². The van der Waals surface area contributed by atoms with Crippen molar-refractivity contribution in [2.45, 2.75) is 6.61 Å². The third-order valence-electron chi connectivity index (χ3n) is 1.91. The molecule has 6 nitrogen and oxygen atoms in total. The fourth-order valence-corrected chi connectivity index (χ4v) is 1.18. The van der Waals surface area contributed by atoms with Gasteiger partial charge in [-0.3, -0.25) is 0 Å². The highest BCUT2D eigenvalue weighted by molar-refractivity contribution is 6.59. The zero-order chi connectivity index (χ0) is 12.0. The first-order valence-electron chi connectivity index (χ1n) is 4.65. The van der Waals surface area contributed by atoms with Crippen LogP contribution in [0, 0.1) is 0 Å². The third kappa shape index (κ3) is 3.46. The summed E-state index contributed by atoms with van der Waals surface area (Å²) in [6, 6.07) is 3.08. The van der Waals surface area contributed by atoms with E-state index < -0.39 is 7.12 Å². The Hall–Kier alpha value is -1.15. The lowest BCUT2D eigenvalue weighted by Crippen LogP contribution is -2.34. The molecule has 0 bridgehead atoms. The van der Waals surface area contributed by atoms with Gasteiger partial charge in [-0.1, -0.05) is 6.07 Å². The van der Waals surface area contributed by atoms with Crippen LogP contribution in [0.4, 0.5) is 0 Å². The SMILES string of the molecule is COCOCc1nc(OC)ccc1B(O)O. The molecule has 0 radical (unpaired) electrons. The van der Waals surface area contributed by atoms with Gasteiger partial charge in [-0.25, -0.2) is 4.98 Å². The summed E-state index contributed by atoms with van der Waals surface area (Å²) in [6.45, 7) is 0.234. The van der Waals surface area contributed by atoms with Crippen molar-refractivity contribution in [2.75, 3.05) is 21.0 Å². The number of methoxy groups -OCH3 is 2. The summed E-state index contributed by atoms with van der Waals surface area (Å²) < 4.78 is 14.7. The minimum Gasteiger partial charge on any atom is -0.481 e. The number of hydrogen-bond donors (Lipinski definition) is 2. The topological polar surface area (TPSA) is 81.0 Å². The van der Waals surface area contributed by atoms with E-state index in [-0.39, 0.29) is 18.9 Å². The van der Waals surface area contributed by atoms with Crippen LogP contribution in [-0.4, -0.2) is 43.2 Å². The molecule has 0 unspecified atom stereocenters. The molecular weight excluding hydrogens is 213 g/mol. The van der Waals surface area contributed by atoms with E-state index in [9.17, 15) is 0 Å². The Labute approximate surface area is 93.9 Å². The first-order valence-corrected chi connectivity index (χ1v) is 4.65. The van der Waals surface area contributed by atoms with E-state index >= 15 is 0 Å². The van der Waals surface area contributed by atoms with Gasteiger partial charge in [0.2, 0.25) is 5.88 Å². The van der Waals surface area contributed by atoms with Crippen LogP contribution >= 0.6 is 0 Å². The summed E-state index contributed by atoms with van der Waals surface area (Å²) >= 11 is 0. The monoisotopic (exact) mass is 227 g/mol. The van der Waals surface area contributed by atoms with Gasteiger partial charge >= 0.3 is 7.12 Å². The molecular formula is C9H14BNO5. The van der Waals surface area contributed by atoms with Crippen molar-refractivity contribution < 1.29 is 24.3 Å². The fraction of sp³-hybridized carbons (Fsp3) is 0.444. The largest absolute Gasteiger partial charge is 0.490 e. The van der Waals surface area contributed by atoms with Gasteiger partial charge in [0.15, 0.2) is 0 Å². The minimum absolute atomic E-state index is 0.111. The lowest BCUT2D eigenvalue weighted by molar-refractivity contribution is -0.0399. The van der Waals surface area contributed by atoms with Crippen LogP contribution in [0.25, 0.3) is 0 Å². The van der Waals surface area contributed by atoms with Crippen LogP contribution in [-0.2, 0) is 16.1 Å². The molecule has 0 atom stereocenters. The highest BCUT2D eigenvalue weighted by Crippen LogP contribution is 2.06. The van der Waals surface area contributed by atoms with Crippen molar-refractivity contribution >= 4 is 12.6 Å². The molecule has 0 spiro atoms. The van der Waals surface area contributed by atoms with Crippen molar-refractivity contribution in [2.24, 2.45) is 0 Å². The minimum atomic E-state index is -1.58. The summed E-state index contributed by atoms with van der Waals surface area (Å²) in [4.78, 5) is 4.06. The first kappa shape index (κ1) is 12.9. The van der Waals surface area contributed by atoms with Gasteiger partial charge in [0, 0.05) is 12.6 Å². The molecule has 0 aliphatic carbocycles. The van der Waals surface area contributed by atoms with Crippen LogP contribution in [0.1, 0.15) is 5.69 Å². The van der Waals surface area contributed by atoms with Gasteiger partial charge in [-0.15, -0.1) is 0 Å². The summed E-state index contributed by atoms with van der Waals surface area (Å²) in [5, 5.41) is 18.2. The molecule has 1 aromatic rings. The zero-order valence-electron chi connectivity index (χ0n) is 9.21. The Kier molecular flexibility index (Phi) is 5.20. The summed E-state index contributed by atoms with van der Waals surface area (Å²) in [7, 11) is 1.40. The summed E-state index contributed by atoms with van der Waals surface area (Å²) in [5.41, 5.74) is 0.698. The van der Waals surface area contributed by atoms with Crippen LogP contribution in [0.3, 0.4) is 0 Å². The van der Waals surface area contributed by atoms with Crippen LogP contribution in [0.2, 0.25) is 0 Å². The number of rotatable bonds is 6. The van der Waals surface area contributed by atoms with E-state index in [1.165, 1.54) is 20.3 Å². The molecule has 0 fully saturated rings. The van der Waals surface area contributed by atoms with Crippen molar-refractivity contribution in [3.8, 4) is 5.88 Å². The number of nitrogens with zero attached hydrogens (tertiary/aromatic N) is 1. The first-order chi connectivity index (χ1) is 7.69. The van der Waals surface area contributed by atoms with Crippen molar-refractivity contribution in [3.05, 3.63) is 17.8 Å². The second-order valence-corrected chi connectivity index (χ2v) is 3.02. The third-order valence-corrected chi connectivity index (χ3v) is 1.91. The summed E-state index contributed by atoms with van der Waals surface area (Å²) in [6.07, 6.45) is 0. The van der Waals surface area contributed by atoms with Gasteiger partial charge in [-0.05, 0) is 6.07 Å². The molecule has 1 rings (SSSR count). The quantitative estimate of drug-likeness (QED) is 0.364. The van der Waals surface area contributed by atoms with E-state index in [0.29, 0.717) is 11.6 Å². The average Bonchev–Trinajstić information content (AvgIpc) is 2.29. The van der Waals surface area contributed by atoms with Gasteiger partial charge < -0.3 is 24.3 Å². The van der Waals surface area contributed by atoms with Gasteiger partial charge in [0.1, 0.15) is 6.79 Å². The number of ether oxygens (including phenoxy) is 3. The number of aromatic nitrogens is 1. The van der Waals surface area contributed by atoms with Crippen molar-refractivity contribution in [1.82, 2.24) is 4.98 Å². The molecule has 0 aliphatic heterocycles. The maximum absolute atomic E-state index is 9.11. The molecule has 0 aliphatic rings. The zero-order valence-corrected chi connectivity index (χ0v) is 9.21. The maximum atomic E-state index is 9.11. The predicted molar refractivity (Wildman–Crippen MR) is 57.3 cm³/mol. The molecule has 0 saturated carbocycles. The Balaban J connectivity index is 2.83. The van der Waals surface area contributed by atoms with Crippen LogP contribution in [0.5, 0.6) is 5.88 Å². The molecule has 16 heavy (non-hydrogen) atoms. The Morgan fingerprint density at radius 2 is 2.06 bits per heavy atom. The molecule has 0 saturated heterocycles. The Morgan fingerprint density at radius 3 is 2.62 bits per heavy atom. The highest BCUT2D eigenvalue weighted by Gasteiger charge is 2.17. The lowest BCUT2D eigenvalue weighted by atomic mass is 9.79. The van der Waals surface area contributed by atoms with E-state index in [1.54, 1.807) is 6.07 Å². The highest BCUT2D eigenvalue weighted by atomic mass is 16.7. The van der Waals surface area contributed by atoms with E-state index in [0.717, 1.165) is 0 Å². The molecule has 0 aromatic carbocycles. The maximum Gasteiger partial charge on any atom is 0.490 e. The normalized spacial score (nSPS) is 10.2. The summed E-state index contributed by atoms with van der Waals surface area (Å²) in [5.74, 6) is 0.389. The smallest absolute Gasteiger partial charge is 0.481 e. The number of pyridine rings is 1. The lowest BCUT2D eigenvalue weighted by Gasteiger charge is -2.09. The Morgan fingerprint density at radius 1 is 1.31 bits per heavy atom. The molecule has 0 amide bonds. The van der Waals surface area contributed by atoms with Crippen LogP contribution in [0.15, 0.2) is 12.1 Å². The number of hydrogen-bond acceptors (Lipinski definition) is 6. The van der Waals surface area contributed by atoms with Gasteiger partial charge in [0.05, 0.1) is 19.4 Å². The van der Waals surface area contributed by atoms with E-state index in [2.05, 4.69) is 4.98 Å². The molecule has 88 valence electrons. The second-order valence-electron chi connectivity index (χ2n) is 3.02. The van der Waals surface area contributed by atoms with E-state index in [4.69, 9.17) is 24.3 Å². The fourth-order valence-electron chi connectivity index (χ4n) is 1.18. The van der Waals surface area contributed by atoms with E-state index in [1.807, 2.05) is 0 Å². The second kappa shape index (κ2) is 6.44. The molecule has 1 aromatic heterocycles. The van der Waals surface area contributed by atoms with Crippen molar-refractivity contribution in [1.29, 1.82) is 0 Å². The van der Waals surface area contributed by atoms with Gasteiger partial charge in [0.25, 0.3) is 0 Å². The van der Waals surface area contributed by atoms with Crippen molar-refractivity contribution in [3.63, 3.8) is 0 Å². The molecule has 2 N–H and O–H groups in total. The molecule has 1 heterocycles. The van der Waals surface area contributed by atoms with Crippen LogP contribution < -0.4 is 10.2 Å². The average molecular weight is 227 g/mol. The predicted octanol–water partition coefficient (Wildman–Crippen LogP) is -1.11. The Bertz CT molecular complexity index is 334. The molecule has 7 heteroatoms.